The first-order chi connectivity index (χ1) is 9.10. The van der Waals surface area contributed by atoms with Crippen LogP contribution in [0.4, 0.5) is 4.39 Å². The van der Waals surface area contributed by atoms with Crippen LogP contribution in [0.5, 0.6) is 5.75 Å². The number of carbonyl (C=O) groups is 1. The average molecular weight is 263 g/mol. The molecule has 1 N–H and O–H groups in total. The molecule has 0 amide bonds. The van der Waals surface area contributed by atoms with E-state index in [0.717, 1.165) is 6.07 Å². The van der Waals surface area contributed by atoms with Crippen LogP contribution >= 0.6 is 0 Å². The molecule has 0 atom stereocenters. The van der Waals surface area contributed by atoms with Gasteiger partial charge in [0.25, 0.3) is 0 Å². The van der Waals surface area contributed by atoms with Crippen molar-refractivity contribution in [2.45, 2.75) is 31.8 Å². The molecule has 100 valence electrons. The Labute approximate surface area is 110 Å². The summed E-state index contributed by atoms with van der Waals surface area (Å²) in [5, 5.41) is 18.0. The van der Waals surface area contributed by atoms with Crippen molar-refractivity contribution in [1.29, 1.82) is 5.26 Å². The minimum absolute atomic E-state index is 0.0828. The Bertz CT molecular complexity index is 516. The minimum Gasteiger partial charge on any atom is -0.426 e. The van der Waals surface area contributed by atoms with E-state index in [1.165, 1.54) is 12.1 Å². The van der Waals surface area contributed by atoms with Crippen molar-refractivity contribution in [3.63, 3.8) is 0 Å². The zero-order chi connectivity index (χ0) is 13.8. The smallest absolute Gasteiger partial charge is 0.314 e. The number of nitrogens with zero attached hydrogens (tertiary/aromatic N) is 1. The van der Waals surface area contributed by atoms with E-state index in [9.17, 15) is 14.3 Å². The van der Waals surface area contributed by atoms with Crippen molar-refractivity contribution in [2.75, 3.05) is 0 Å². The van der Waals surface area contributed by atoms with Crippen molar-refractivity contribution < 1.29 is 19.0 Å². The molecule has 0 saturated heterocycles. The lowest BCUT2D eigenvalue weighted by molar-refractivity contribution is -0.140. The molecule has 4 nitrogen and oxygen atoms in total. The number of halogens is 1. The molecule has 0 aromatic heterocycles. The van der Waals surface area contributed by atoms with Crippen LogP contribution in [0.15, 0.2) is 18.2 Å². The van der Waals surface area contributed by atoms with Gasteiger partial charge in [0.2, 0.25) is 0 Å². The summed E-state index contributed by atoms with van der Waals surface area (Å²) in [6.45, 7) is 0. The molecule has 2 rings (SSSR count). The van der Waals surface area contributed by atoms with Gasteiger partial charge in [0.1, 0.15) is 17.6 Å². The van der Waals surface area contributed by atoms with Gasteiger partial charge in [-0.25, -0.2) is 4.39 Å². The Morgan fingerprint density at radius 3 is 2.63 bits per heavy atom. The van der Waals surface area contributed by atoms with E-state index in [2.05, 4.69) is 0 Å². The van der Waals surface area contributed by atoms with E-state index in [4.69, 9.17) is 10.00 Å². The average Bonchev–Trinajstić information content (AvgIpc) is 2.39. The lowest BCUT2D eigenvalue weighted by atomic mass is 9.87. The van der Waals surface area contributed by atoms with Crippen molar-refractivity contribution in [1.82, 2.24) is 0 Å². The van der Waals surface area contributed by atoms with Crippen molar-refractivity contribution in [3.05, 3.63) is 29.6 Å². The molecule has 1 aromatic carbocycles. The highest BCUT2D eigenvalue weighted by molar-refractivity contribution is 5.75. The minimum atomic E-state index is -0.702. The second-order valence-corrected chi connectivity index (χ2v) is 4.68. The third kappa shape index (κ3) is 3.30. The molecule has 1 fully saturated rings. The first-order valence-corrected chi connectivity index (χ1v) is 6.19. The number of ether oxygens (including phenoxy) is 1. The zero-order valence-electron chi connectivity index (χ0n) is 10.3. The third-order valence-electron chi connectivity index (χ3n) is 3.31. The predicted octanol–water partition coefficient (Wildman–Crippen LogP) is 2.15. The predicted molar refractivity (Wildman–Crippen MR) is 64.7 cm³/mol. The monoisotopic (exact) mass is 263 g/mol. The molecular weight excluding hydrogens is 249 g/mol. The Hall–Kier alpha value is -1.93. The number of aliphatic hydroxyl groups excluding tert-OH is 1. The number of benzene rings is 1. The summed E-state index contributed by atoms with van der Waals surface area (Å²) in [6.07, 6.45) is 2.00. The van der Waals surface area contributed by atoms with E-state index in [0.29, 0.717) is 25.7 Å². The van der Waals surface area contributed by atoms with Crippen LogP contribution in [0.3, 0.4) is 0 Å². The zero-order valence-corrected chi connectivity index (χ0v) is 10.3. The molecule has 1 aromatic rings. The summed E-state index contributed by atoms with van der Waals surface area (Å²) in [5.74, 6) is -1.25. The normalized spacial score (nSPS) is 22.6. The molecule has 0 aliphatic heterocycles. The summed E-state index contributed by atoms with van der Waals surface area (Å²) >= 11 is 0. The highest BCUT2D eigenvalue weighted by Gasteiger charge is 2.26. The quantitative estimate of drug-likeness (QED) is 0.655. The summed E-state index contributed by atoms with van der Waals surface area (Å²) in [4.78, 5) is 11.8. The first kappa shape index (κ1) is 13.5. The molecule has 0 bridgehead atoms. The number of rotatable bonds is 2. The van der Waals surface area contributed by atoms with Gasteiger partial charge in [0.05, 0.1) is 17.6 Å². The fourth-order valence-corrected chi connectivity index (χ4v) is 2.16. The van der Waals surface area contributed by atoms with Gasteiger partial charge in [-0.05, 0) is 37.8 Å². The van der Waals surface area contributed by atoms with Crippen LogP contribution < -0.4 is 4.74 Å². The maximum atomic E-state index is 13.3. The summed E-state index contributed by atoms with van der Waals surface area (Å²) in [5.41, 5.74) is -0.0828. The van der Waals surface area contributed by atoms with Crippen LogP contribution in [-0.4, -0.2) is 17.2 Å². The largest absolute Gasteiger partial charge is 0.426 e. The second-order valence-electron chi connectivity index (χ2n) is 4.68. The van der Waals surface area contributed by atoms with Gasteiger partial charge in [-0.2, -0.15) is 5.26 Å². The van der Waals surface area contributed by atoms with E-state index in [1.807, 2.05) is 0 Å². The SMILES string of the molecule is N#Cc1ccc(OC(=O)C2CCC(O)CC2)cc1F. The van der Waals surface area contributed by atoms with Gasteiger partial charge >= 0.3 is 5.97 Å². The van der Waals surface area contributed by atoms with Crippen LogP contribution in [0.25, 0.3) is 0 Å². The summed E-state index contributed by atoms with van der Waals surface area (Å²) in [7, 11) is 0. The molecule has 19 heavy (non-hydrogen) atoms. The molecular formula is C14H14FNO3. The molecule has 0 heterocycles. The number of hydrogen-bond donors (Lipinski definition) is 1. The van der Waals surface area contributed by atoms with Crippen LogP contribution in [0, 0.1) is 23.1 Å². The lowest BCUT2D eigenvalue weighted by Gasteiger charge is -2.23. The van der Waals surface area contributed by atoms with Crippen LogP contribution in [0.1, 0.15) is 31.2 Å². The Kier molecular flexibility index (Phi) is 4.13. The fourth-order valence-electron chi connectivity index (χ4n) is 2.16. The molecule has 1 saturated carbocycles. The number of nitriles is 1. The summed E-state index contributed by atoms with van der Waals surface area (Å²) in [6, 6.07) is 5.42. The van der Waals surface area contributed by atoms with Crippen LogP contribution in [0.2, 0.25) is 0 Å². The Balaban J connectivity index is 1.99. The highest BCUT2D eigenvalue weighted by Crippen LogP contribution is 2.26. The molecule has 1 aliphatic carbocycles. The van der Waals surface area contributed by atoms with Gasteiger partial charge in [-0.1, -0.05) is 0 Å². The van der Waals surface area contributed by atoms with Gasteiger partial charge in [0.15, 0.2) is 0 Å². The number of hydrogen-bond acceptors (Lipinski definition) is 4. The van der Waals surface area contributed by atoms with Crippen molar-refractivity contribution >= 4 is 5.97 Å². The molecule has 0 unspecified atom stereocenters. The molecule has 5 heteroatoms. The summed E-state index contributed by atoms with van der Waals surface area (Å²) < 4.78 is 18.4. The van der Waals surface area contributed by atoms with E-state index in [-0.39, 0.29) is 23.3 Å². The number of esters is 1. The Morgan fingerprint density at radius 1 is 1.37 bits per heavy atom. The lowest BCUT2D eigenvalue weighted by Crippen LogP contribution is -2.27. The maximum absolute atomic E-state index is 13.3. The number of aliphatic hydroxyl groups is 1. The van der Waals surface area contributed by atoms with Crippen molar-refractivity contribution in [2.24, 2.45) is 5.92 Å². The maximum Gasteiger partial charge on any atom is 0.314 e. The van der Waals surface area contributed by atoms with Gasteiger partial charge in [-0.15, -0.1) is 0 Å². The van der Waals surface area contributed by atoms with Gasteiger partial charge in [-0.3, -0.25) is 4.79 Å². The van der Waals surface area contributed by atoms with Gasteiger partial charge < -0.3 is 9.84 Å². The Morgan fingerprint density at radius 2 is 2.05 bits per heavy atom. The van der Waals surface area contributed by atoms with Gasteiger partial charge in [0, 0.05) is 6.07 Å². The second kappa shape index (κ2) is 5.81. The van der Waals surface area contributed by atoms with E-state index >= 15 is 0 Å². The fraction of sp³-hybridized carbons (Fsp3) is 0.429. The topological polar surface area (TPSA) is 70.3 Å². The third-order valence-corrected chi connectivity index (χ3v) is 3.31. The molecule has 0 spiro atoms. The van der Waals surface area contributed by atoms with Crippen LogP contribution in [-0.2, 0) is 4.79 Å². The van der Waals surface area contributed by atoms with E-state index < -0.39 is 11.8 Å². The molecule has 1 aliphatic rings. The number of carbonyl (C=O) groups excluding carboxylic acids is 1. The van der Waals surface area contributed by atoms with E-state index in [1.54, 1.807) is 6.07 Å². The highest BCUT2D eigenvalue weighted by atomic mass is 19.1. The first-order valence-electron chi connectivity index (χ1n) is 6.19. The molecule has 0 radical (unpaired) electrons. The van der Waals surface area contributed by atoms with Crippen molar-refractivity contribution in [3.8, 4) is 11.8 Å². The standard InChI is InChI=1S/C14H14FNO3/c15-13-7-12(6-3-10(13)8-16)19-14(18)9-1-4-11(17)5-2-9/h3,6-7,9,11,17H,1-2,4-5H2.